The molecule has 2 amide bonds. The Balaban J connectivity index is 1.66. The van der Waals surface area contributed by atoms with Crippen molar-refractivity contribution in [3.05, 3.63) is 71.4 Å². The molecule has 0 fully saturated rings. The topological polar surface area (TPSA) is 48.1 Å². The number of carbonyl (C=O) groups excluding carboxylic acids is 1. The molecule has 130 valence electrons. The van der Waals surface area contributed by atoms with Crippen LogP contribution in [-0.2, 0) is 6.54 Å². The van der Waals surface area contributed by atoms with Crippen LogP contribution in [0.25, 0.3) is 10.9 Å². The minimum Gasteiger partial charge on any atom is -0.361 e. The van der Waals surface area contributed by atoms with Crippen LogP contribution in [0.5, 0.6) is 0 Å². The summed E-state index contributed by atoms with van der Waals surface area (Å²) in [6, 6.07) is 16.5. The second-order valence-electron chi connectivity index (χ2n) is 6.50. The molecule has 3 aromatic rings. The molecule has 0 aliphatic heterocycles. The van der Waals surface area contributed by atoms with Gasteiger partial charge in [0.1, 0.15) is 0 Å². The molecule has 3 rings (SSSR count). The number of nitrogens with one attached hydrogen (secondary N) is 2. The number of nitrogens with zero attached hydrogens (tertiary/aromatic N) is 1. The normalized spacial score (nSPS) is 12.1. The number of urea groups is 1. The predicted octanol–water partition coefficient (Wildman–Crippen LogP) is 4.77. The van der Waals surface area contributed by atoms with Crippen LogP contribution < -0.4 is 5.32 Å². The number of rotatable bonds is 5. The van der Waals surface area contributed by atoms with Gasteiger partial charge >= 0.3 is 6.03 Å². The second kappa shape index (κ2) is 7.43. The maximum atomic E-state index is 12.7. The van der Waals surface area contributed by atoms with Gasteiger partial charge in [0.2, 0.25) is 0 Å². The molecule has 0 saturated heterocycles. The lowest BCUT2D eigenvalue weighted by Gasteiger charge is -2.24. The number of carbonyl (C=O) groups is 1. The van der Waals surface area contributed by atoms with Crippen molar-refractivity contribution in [1.82, 2.24) is 15.2 Å². The third kappa shape index (κ3) is 4.02. The standard InChI is InChI=1S/C21H25N3O/c1-4-24(14-17-7-10-20-19(13-17)11-12-22-20)21(25)23-16(3)18-8-5-15(2)6-9-18/h5-13,16,22H,4,14H2,1-3H3,(H,23,25)/t16-/m0/s1. The van der Waals surface area contributed by atoms with Gasteiger partial charge in [-0.1, -0.05) is 35.9 Å². The van der Waals surface area contributed by atoms with Gasteiger partial charge in [0.15, 0.2) is 0 Å². The summed E-state index contributed by atoms with van der Waals surface area (Å²) >= 11 is 0. The number of H-pyrrole nitrogens is 1. The first kappa shape index (κ1) is 17.1. The Bertz CT molecular complexity index is 851. The van der Waals surface area contributed by atoms with Gasteiger partial charge in [-0.15, -0.1) is 0 Å². The maximum absolute atomic E-state index is 12.7. The maximum Gasteiger partial charge on any atom is 0.318 e. The highest BCUT2D eigenvalue weighted by molar-refractivity contribution is 5.80. The van der Waals surface area contributed by atoms with E-state index in [0.717, 1.165) is 16.6 Å². The van der Waals surface area contributed by atoms with Gasteiger partial charge in [0.25, 0.3) is 0 Å². The fourth-order valence-corrected chi connectivity index (χ4v) is 2.96. The van der Waals surface area contributed by atoms with Crippen LogP contribution in [0.1, 0.15) is 36.6 Å². The summed E-state index contributed by atoms with van der Waals surface area (Å²) in [7, 11) is 0. The van der Waals surface area contributed by atoms with Crippen LogP contribution in [0.2, 0.25) is 0 Å². The van der Waals surface area contributed by atoms with Crippen LogP contribution in [-0.4, -0.2) is 22.5 Å². The Kier molecular flexibility index (Phi) is 5.08. The molecule has 0 saturated carbocycles. The fraction of sp³-hybridized carbons (Fsp3) is 0.286. The molecule has 25 heavy (non-hydrogen) atoms. The Hall–Kier alpha value is -2.75. The molecule has 2 N–H and O–H groups in total. The lowest BCUT2D eigenvalue weighted by molar-refractivity contribution is 0.195. The number of aryl methyl sites for hydroxylation is 1. The van der Waals surface area contributed by atoms with Gasteiger partial charge in [-0.25, -0.2) is 4.79 Å². The first-order valence-electron chi connectivity index (χ1n) is 8.75. The molecule has 1 heterocycles. The van der Waals surface area contributed by atoms with Gasteiger partial charge in [-0.2, -0.15) is 0 Å². The number of benzene rings is 2. The Morgan fingerprint density at radius 1 is 1.16 bits per heavy atom. The average Bonchev–Trinajstić information content (AvgIpc) is 3.07. The zero-order valence-electron chi connectivity index (χ0n) is 15.0. The number of aromatic nitrogens is 1. The van der Waals surface area contributed by atoms with E-state index in [1.807, 2.05) is 24.9 Å². The van der Waals surface area contributed by atoms with Gasteiger partial charge in [0.05, 0.1) is 6.04 Å². The molecular formula is C21H25N3O. The first-order valence-corrected chi connectivity index (χ1v) is 8.75. The van der Waals surface area contributed by atoms with Crippen LogP contribution in [0.4, 0.5) is 4.79 Å². The van der Waals surface area contributed by atoms with Crippen LogP contribution >= 0.6 is 0 Å². The Morgan fingerprint density at radius 3 is 2.64 bits per heavy atom. The van der Waals surface area contributed by atoms with E-state index in [2.05, 4.69) is 65.8 Å². The molecule has 0 unspecified atom stereocenters. The third-order valence-corrected chi connectivity index (χ3v) is 4.58. The quantitative estimate of drug-likeness (QED) is 0.693. The zero-order valence-corrected chi connectivity index (χ0v) is 15.0. The molecule has 4 nitrogen and oxygen atoms in total. The molecule has 0 aliphatic carbocycles. The van der Waals surface area contributed by atoms with Gasteiger partial charge in [0, 0.05) is 24.8 Å². The summed E-state index contributed by atoms with van der Waals surface area (Å²) < 4.78 is 0. The summed E-state index contributed by atoms with van der Waals surface area (Å²) in [5.74, 6) is 0. The molecule has 2 aromatic carbocycles. The molecule has 0 radical (unpaired) electrons. The van der Waals surface area contributed by atoms with E-state index < -0.39 is 0 Å². The number of hydrogen-bond acceptors (Lipinski definition) is 1. The van der Waals surface area contributed by atoms with Gasteiger partial charge < -0.3 is 15.2 Å². The number of hydrogen-bond donors (Lipinski definition) is 2. The predicted molar refractivity (Wildman–Crippen MR) is 103 cm³/mol. The van der Waals surface area contributed by atoms with E-state index in [1.54, 1.807) is 0 Å². The monoisotopic (exact) mass is 335 g/mol. The molecule has 1 aromatic heterocycles. The van der Waals surface area contributed by atoms with E-state index in [-0.39, 0.29) is 12.1 Å². The largest absolute Gasteiger partial charge is 0.361 e. The summed E-state index contributed by atoms with van der Waals surface area (Å²) in [4.78, 5) is 17.7. The van der Waals surface area contributed by atoms with Crippen LogP contribution in [0.15, 0.2) is 54.7 Å². The van der Waals surface area contributed by atoms with Crippen molar-refractivity contribution >= 4 is 16.9 Å². The van der Waals surface area contributed by atoms with Crippen molar-refractivity contribution < 1.29 is 4.79 Å². The number of amides is 2. The number of fused-ring (bicyclic) bond motifs is 1. The zero-order chi connectivity index (χ0) is 17.8. The van der Waals surface area contributed by atoms with Crippen LogP contribution in [0.3, 0.4) is 0 Å². The lowest BCUT2D eigenvalue weighted by atomic mass is 10.1. The smallest absolute Gasteiger partial charge is 0.318 e. The summed E-state index contributed by atoms with van der Waals surface area (Å²) in [6.45, 7) is 7.35. The summed E-state index contributed by atoms with van der Waals surface area (Å²) in [6.07, 6.45) is 1.93. The minimum absolute atomic E-state index is 0.0192. The Labute approximate surface area is 148 Å². The molecule has 0 bridgehead atoms. The summed E-state index contributed by atoms with van der Waals surface area (Å²) in [5, 5.41) is 4.27. The third-order valence-electron chi connectivity index (χ3n) is 4.58. The second-order valence-corrected chi connectivity index (χ2v) is 6.50. The van der Waals surface area contributed by atoms with E-state index in [0.29, 0.717) is 13.1 Å². The fourth-order valence-electron chi connectivity index (χ4n) is 2.96. The van der Waals surface area contributed by atoms with Crippen LogP contribution in [0, 0.1) is 6.92 Å². The first-order chi connectivity index (χ1) is 12.1. The lowest BCUT2D eigenvalue weighted by Crippen LogP contribution is -2.40. The number of aromatic amines is 1. The highest BCUT2D eigenvalue weighted by atomic mass is 16.2. The van der Waals surface area contributed by atoms with Crippen molar-refractivity contribution in [2.24, 2.45) is 0 Å². The van der Waals surface area contributed by atoms with E-state index in [4.69, 9.17) is 0 Å². The van der Waals surface area contributed by atoms with E-state index in [9.17, 15) is 4.79 Å². The highest BCUT2D eigenvalue weighted by Crippen LogP contribution is 2.17. The van der Waals surface area contributed by atoms with Crippen molar-refractivity contribution in [3.63, 3.8) is 0 Å². The summed E-state index contributed by atoms with van der Waals surface area (Å²) in [5.41, 5.74) is 4.58. The highest BCUT2D eigenvalue weighted by Gasteiger charge is 2.15. The minimum atomic E-state index is -0.0373. The van der Waals surface area contributed by atoms with E-state index in [1.165, 1.54) is 10.9 Å². The molecule has 0 spiro atoms. The molecule has 1 atom stereocenters. The Morgan fingerprint density at radius 2 is 1.92 bits per heavy atom. The molecule has 0 aliphatic rings. The average molecular weight is 335 g/mol. The molecule has 4 heteroatoms. The van der Waals surface area contributed by atoms with Crippen molar-refractivity contribution in [2.45, 2.75) is 33.4 Å². The molecular weight excluding hydrogens is 310 g/mol. The SMILES string of the molecule is CCN(Cc1ccc2[nH]ccc2c1)C(=O)N[C@@H](C)c1ccc(C)cc1. The van der Waals surface area contributed by atoms with Gasteiger partial charge in [-0.05, 0) is 55.5 Å². The van der Waals surface area contributed by atoms with Crippen molar-refractivity contribution in [3.8, 4) is 0 Å². The van der Waals surface area contributed by atoms with Crippen molar-refractivity contribution in [1.29, 1.82) is 0 Å². The van der Waals surface area contributed by atoms with Gasteiger partial charge in [-0.3, -0.25) is 0 Å². The van der Waals surface area contributed by atoms with Crippen molar-refractivity contribution in [2.75, 3.05) is 6.54 Å². The van der Waals surface area contributed by atoms with E-state index >= 15 is 0 Å².